The number of carbonyl (C=O) groups excluding carboxylic acids is 1. The third-order valence-electron chi connectivity index (χ3n) is 5.99. The number of aromatic nitrogens is 2. The minimum absolute atomic E-state index is 0.0817. The molecule has 1 N–H and O–H groups in total. The van der Waals surface area contributed by atoms with Crippen molar-refractivity contribution in [3.63, 3.8) is 0 Å². The van der Waals surface area contributed by atoms with Crippen molar-refractivity contribution >= 4 is 27.4 Å². The van der Waals surface area contributed by atoms with Gasteiger partial charge in [0.2, 0.25) is 5.89 Å². The summed E-state index contributed by atoms with van der Waals surface area (Å²) in [6.07, 6.45) is 0. The summed E-state index contributed by atoms with van der Waals surface area (Å²) in [5.74, 6) is -3.21. The van der Waals surface area contributed by atoms with Gasteiger partial charge in [-0.3, -0.25) is 4.79 Å². The van der Waals surface area contributed by atoms with Crippen LogP contribution < -0.4 is 10.5 Å². The van der Waals surface area contributed by atoms with Crippen molar-refractivity contribution < 1.29 is 26.8 Å². The maximum atomic E-state index is 15.0. The van der Waals surface area contributed by atoms with E-state index < -0.39 is 46.1 Å². The molecule has 0 saturated carbocycles. The van der Waals surface area contributed by atoms with Crippen molar-refractivity contribution in [3.8, 4) is 5.75 Å². The fourth-order valence-corrected chi connectivity index (χ4v) is 6.29. The summed E-state index contributed by atoms with van der Waals surface area (Å²) >= 11 is 6.05. The molecule has 2 heterocycles. The molecule has 34 heavy (non-hydrogen) atoms. The third-order valence-corrected chi connectivity index (χ3v) is 8.10. The topological polar surface area (TPSA) is 123 Å². The quantitative estimate of drug-likeness (QED) is 0.518. The zero-order valence-electron chi connectivity index (χ0n) is 18.7. The van der Waals surface area contributed by atoms with Crippen LogP contribution in [0.4, 0.5) is 4.39 Å². The number of aryl methyl sites for hydroxylation is 1. The number of nitrogens with zero attached hydrogens (tertiary/aromatic N) is 2. The van der Waals surface area contributed by atoms with Gasteiger partial charge in [0.15, 0.2) is 12.5 Å². The first kappa shape index (κ1) is 24.1. The Morgan fingerprint density at radius 1 is 1.29 bits per heavy atom. The highest BCUT2D eigenvalue weighted by atomic mass is 35.5. The molecule has 9 nitrogen and oxygen atoms in total. The van der Waals surface area contributed by atoms with Crippen molar-refractivity contribution in [2.75, 3.05) is 6.73 Å². The van der Waals surface area contributed by atoms with Gasteiger partial charge in [0, 0.05) is 22.6 Å². The van der Waals surface area contributed by atoms with Crippen LogP contribution in [0.3, 0.4) is 0 Å². The van der Waals surface area contributed by atoms with Gasteiger partial charge >= 0.3 is 5.76 Å². The molecule has 180 valence electrons. The number of fused-ring (bicyclic) bond motifs is 1. The molecule has 0 unspecified atom stereocenters. The smallest absolute Gasteiger partial charge is 0.434 e. The van der Waals surface area contributed by atoms with Gasteiger partial charge in [-0.1, -0.05) is 24.6 Å². The highest BCUT2D eigenvalue weighted by molar-refractivity contribution is 7.89. The summed E-state index contributed by atoms with van der Waals surface area (Å²) in [7, 11) is -4.41. The standard InChI is InChI=1S/C22H21ClFN3O6S/c1-10-5-6-16(24)18(11(10)2)12(3)19(21-25-26-22(29)33-21)27-9-32-17-8-14(23)7-15(13(4)28)20(17)34(27,30)31/h5-8,12,19H,9H2,1-4H3,(H,26,29)/t12-,19+/m1/s1. The molecule has 1 aliphatic heterocycles. The molecule has 12 heteroatoms. The Bertz CT molecular complexity index is 1470. The molecule has 4 rings (SSSR count). The summed E-state index contributed by atoms with van der Waals surface area (Å²) in [5.41, 5.74) is 1.49. The second-order valence-electron chi connectivity index (χ2n) is 8.09. The van der Waals surface area contributed by atoms with Crippen LogP contribution in [-0.2, 0) is 10.0 Å². The first-order valence-corrected chi connectivity index (χ1v) is 12.1. The Morgan fingerprint density at radius 3 is 2.62 bits per heavy atom. The van der Waals surface area contributed by atoms with Gasteiger partial charge in [-0.05, 0) is 49.6 Å². The van der Waals surface area contributed by atoms with E-state index in [0.717, 1.165) is 9.87 Å². The van der Waals surface area contributed by atoms with E-state index in [2.05, 4.69) is 10.2 Å². The molecule has 0 spiro atoms. The molecule has 0 amide bonds. The Kier molecular flexibility index (Phi) is 6.13. The van der Waals surface area contributed by atoms with Crippen molar-refractivity contribution in [2.45, 2.75) is 44.6 Å². The predicted molar refractivity (Wildman–Crippen MR) is 120 cm³/mol. The SMILES string of the molecule is CC(=O)c1cc(Cl)cc2c1S(=O)(=O)N([C@H](c1n[nH]c(=O)o1)[C@H](C)c1c(F)ccc(C)c1C)CO2. The van der Waals surface area contributed by atoms with Crippen molar-refractivity contribution in [3.05, 3.63) is 73.8 Å². The number of rotatable bonds is 5. The Morgan fingerprint density at radius 2 is 2.00 bits per heavy atom. The number of H-pyrrole nitrogens is 1. The van der Waals surface area contributed by atoms with E-state index in [-0.39, 0.29) is 32.7 Å². The van der Waals surface area contributed by atoms with Crippen LogP contribution in [0.15, 0.2) is 38.4 Å². The summed E-state index contributed by atoms with van der Waals surface area (Å²) in [4.78, 5) is 23.6. The number of ketones is 1. The maximum Gasteiger partial charge on any atom is 0.434 e. The van der Waals surface area contributed by atoms with Crippen molar-refractivity contribution in [1.29, 1.82) is 0 Å². The highest BCUT2D eigenvalue weighted by Crippen LogP contribution is 2.45. The number of hydrogen-bond acceptors (Lipinski definition) is 7. The highest BCUT2D eigenvalue weighted by Gasteiger charge is 2.46. The zero-order chi connectivity index (χ0) is 24.9. The van der Waals surface area contributed by atoms with Gasteiger partial charge in [0.25, 0.3) is 10.0 Å². The average Bonchev–Trinajstić information content (AvgIpc) is 3.17. The lowest BCUT2D eigenvalue weighted by molar-refractivity contribution is 0.0999. The lowest BCUT2D eigenvalue weighted by Crippen LogP contribution is -2.43. The molecule has 0 radical (unpaired) electrons. The van der Waals surface area contributed by atoms with E-state index >= 15 is 0 Å². The monoisotopic (exact) mass is 509 g/mol. The number of ether oxygens (including phenoxy) is 1. The minimum Gasteiger partial charge on any atom is -0.476 e. The normalized spacial score (nSPS) is 17.0. The molecule has 2 atom stereocenters. The molecule has 1 aliphatic rings. The minimum atomic E-state index is -4.41. The van der Waals surface area contributed by atoms with E-state index in [1.807, 2.05) is 0 Å². The Balaban J connectivity index is 1.94. The first-order valence-electron chi connectivity index (χ1n) is 10.2. The van der Waals surface area contributed by atoms with E-state index in [1.54, 1.807) is 26.8 Å². The fraction of sp³-hybridized carbons (Fsp3) is 0.318. The molecule has 0 aliphatic carbocycles. The van der Waals surface area contributed by atoms with Gasteiger partial charge in [-0.25, -0.2) is 22.7 Å². The lowest BCUT2D eigenvalue weighted by Gasteiger charge is -2.36. The molecule has 0 bridgehead atoms. The molecular formula is C22H21ClFN3O6S. The van der Waals surface area contributed by atoms with Crippen LogP contribution in [0.5, 0.6) is 5.75 Å². The van der Waals surface area contributed by atoms with Gasteiger partial charge < -0.3 is 9.15 Å². The molecule has 3 aromatic rings. The maximum absolute atomic E-state index is 15.0. The lowest BCUT2D eigenvalue weighted by atomic mass is 9.87. The summed E-state index contributed by atoms with van der Waals surface area (Å²) < 4.78 is 54.4. The predicted octanol–water partition coefficient (Wildman–Crippen LogP) is 3.86. The van der Waals surface area contributed by atoms with Crippen LogP contribution >= 0.6 is 11.6 Å². The largest absolute Gasteiger partial charge is 0.476 e. The summed E-state index contributed by atoms with van der Waals surface area (Å²) in [6, 6.07) is 4.17. The number of carbonyl (C=O) groups is 1. The second-order valence-corrected chi connectivity index (χ2v) is 10.4. The average molecular weight is 510 g/mol. The first-order chi connectivity index (χ1) is 15.9. The number of Topliss-reactive ketones (excluding diaryl/α,β-unsaturated/α-hetero) is 1. The van der Waals surface area contributed by atoms with E-state index in [0.29, 0.717) is 5.56 Å². The Hall–Kier alpha value is -3.02. The van der Waals surface area contributed by atoms with Crippen LogP contribution in [0, 0.1) is 19.7 Å². The van der Waals surface area contributed by atoms with E-state index in [9.17, 15) is 22.4 Å². The second kappa shape index (κ2) is 8.64. The van der Waals surface area contributed by atoms with Crippen LogP contribution in [0.2, 0.25) is 5.02 Å². The van der Waals surface area contributed by atoms with Crippen molar-refractivity contribution in [2.24, 2.45) is 0 Å². The van der Waals surface area contributed by atoms with E-state index in [4.69, 9.17) is 20.8 Å². The van der Waals surface area contributed by atoms with Gasteiger partial charge in [0.05, 0.1) is 0 Å². The summed E-state index contributed by atoms with van der Waals surface area (Å²) in [6.45, 7) is 5.82. The number of nitrogens with one attached hydrogen (secondary N) is 1. The van der Waals surface area contributed by atoms with Gasteiger partial charge in [0.1, 0.15) is 22.5 Å². The summed E-state index contributed by atoms with van der Waals surface area (Å²) in [5, 5.41) is 6.09. The molecule has 0 saturated heterocycles. The number of halogens is 2. The van der Waals surface area contributed by atoms with E-state index in [1.165, 1.54) is 25.1 Å². The zero-order valence-corrected chi connectivity index (χ0v) is 20.3. The fourth-order valence-electron chi connectivity index (χ4n) is 4.23. The number of aromatic amines is 1. The molecule has 0 fully saturated rings. The number of sulfonamides is 1. The Labute approximate surface area is 199 Å². The van der Waals surface area contributed by atoms with Crippen LogP contribution in [0.1, 0.15) is 58.7 Å². The number of hydrogen-bond donors (Lipinski definition) is 1. The van der Waals surface area contributed by atoms with Crippen LogP contribution in [-0.4, -0.2) is 35.4 Å². The van der Waals surface area contributed by atoms with Crippen molar-refractivity contribution in [1.82, 2.24) is 14.5 Å². The molecule has 2 aromatic carbocycles. The van der Waals surface area contributed by atoms with Gasteiger partial charge in [-0.2, -0.15) is 0 Å². The number of benzene rings is 2. The molecular weight excluding hydrogens is 489 g/mol. The van der Waals surface area contributed by atoms with Crippen LogP contribution in [0.25, 0.3) is 0 Å². The molecule has 1 aromatic heterocycles. The third kappa shape index (κ3) is 3.93. The van der Waals surface area contributed by atoms with Gasteiger partial charge in [-0.15, -0.1) is 9.40 Å².